The summed E-state index contributed by atoms with van der Waals surface area (Å²) in [5, 5.41) is 6.37. The Morgan fingerprint density at radius 1 is 1.29 bits per heavy atom. The van der Waals surface area contributed by atoms with Crippen molar-refractivity contribution in [2.24, 2.45) is 0 Å². The third kappa shape index (κ3) is 5.60. The van der Waals surface area contributed by atoms with Gasteiger partial charge in [0.1, 0.15) is 6.61 Å². The van der Waals surface area contributed by atoms with Crippen LogP contribution in [0.1, 0.15) is 31.7 Å². The van der Waals surface area contributed by atoms with Crippen LogP contribution in [-0.2, 0) is 11.3 Å². The second kappa shape index (κ2) is 8.47. The number of hydrogen-bond donors (Lipinski definition) is 2. The van der Waals surface area contributed by atoms with Crippen LogP contribution in [0.4, 0.5) is 4.79 Å². The molecule has 1 aliphatic rings. The van der Waals surface area contributed by atoms with Gasteiger partial charge in [-0.3, -0.25) is 0 Å². The summed E-state index contributed by atoms with van der Waals surface area (Å²) in [5.74, 6) is 0. The van der Waals surface area contributed by atoms with Gasteiger partial charge in [-0.2, -0.15) is 0 Å². The molecule has 1 aliphatic carbocycles. The normalized spacial score (nSPS) is 21.0. The zero-order valence-corrected chi connectivity index (χ0v) is 12.5. The van der Waals surface area contributed by atoms with Crippen LogP contribution in [0.5, 0.6) is 0 Å². The molecule has 1 aromatic carbocycles. The van der Waals surface area contributed by atoms with Crippen molar-refractivity contribution in [3.8, 4) is 0 Å². The van der Waals surface area contributed by atoms with Gasteiger partial charge in [0.2, 0.25) is 0 Å². The monoisotopic (exact) mass is 288 g/mol. The molecule has 1 amide bonds. The van der Waals surface area contributed by atoms with Crippen molar-refractivity contribution in [2.45, 2.75) is 44.9 Å². The second-order valence-corrected chi connectivity index (χ2v) is 5.38. The van der Waals surface area contributed by atoms with Crippen LogP contribution in [0.15, 0.2) is 42.5 Å². The van der Waals surface area contributed by atoms with Crippen LogP contribution >= 0.6 is 0 Å². The lowest BCUT2D eigenvalue weighted by molar-refractivity contribution is 0.125. The van der Waals surface area contributed by atoms with E-state index in [9.17, 15) is 4.79 Å². The predicted molar refractivity (Wildman–Crippen MR) is 84.0 cm³/mol. The highest BCUT2D eigenvalue weighted by atomic mass is 16.5. The SMILES string of the molecule is C/C=C/CCNC1CC(NC(=O)OCc2ccccc2)C1. The number of carbonyl (C=O) groups excluding carboxylic acids is 1. The molecule has 0 bridgehead atoms. The fraction of sp³-hybridized carbons (Fsp3) is 0.471. The van der Waals surface area contributed by atoms with Gasteiger partial charge in [0.25, 0.3) is 0 Å². The highest BCUT2D eigenvalue weighted by Gasteiger charge is 2.29. The van der Waals surface area contributed by atoms with Crippen molar-refractivity contribution < 1.29 is 9.53 Å². The van der Waals surface area contributed by atoms with Gasteiger partial charge in [-0.05, 0) is 38.3 Å². The molecule has 0 saturated heterocycles. The molecule has 1 fully saturated rings. The molecule has 0 radical (unpaired) electrons. The van der Waals surface area contributed by atoms with Crippen molar-refractivity contribution in [1.82, 2.24) is 10.6 Å². The Kier molecular flexibility index (Phi) is 6.28. The number of allylic oxidation sites excluding steroid dienone is 1. The van der Waals surface area contributed by atoms with E-state index < -0.39 is 0 Å². The standard InChI is InChI=1S/C17H24N2O2/c1-2-3-7-10-18-15-11-16(12-15)19-17(20)21-13-14-8-5-4-6-9-14/h2-6,8-9,15-16,18H,7,10-13H2,1H3,(H,19,20)/b3-2+. The molecular weight excluding hydrogens is 264 g/mol. The Morgan fingerprint density at radius 2 is 2.05 bits per heavy atom. The van der Waals surface area contributed by atoms with Gasteiger partial charge in [-0.25, -0.2) is 4.79 Å². The Labute approximate surface area is 126 Å². The highest BCUT2D eigenvalue weighted by Crippen LogP contribution is 2.20. The number of alkyl carbamates (subject to hydrolysis) is 1. The first-order chi connectivity index (χ1) is 10.3. The Hall–Kier alpha value is -1.81. The minimum atomic E-state index is -0.323. The molecule has 4 heteroatoms. The molecule has 2 rings (SSSR count). The van der Waals surface area contributed by atoms with Crippen LogP contribution in [0.25, 0.3) is 0 Å². The van der Waals surface area contributed by atoms with Gasteiger partial charge in [0.15, 0.2) is 0 Å². The zero-order valence-electron chi connectivity index (χ0n) is 12.5. The van der Waals surface area contributed by atoms with Crippen LogP contribution in [0.2, 0.25) is 0 Å². The summed E-state index contributed by atoms with van der Waals surface area (Å²) < 4.78 is 5.20. The number of rotatable bonds is 7. The van der Waals surface area contributed by atoms with Crippen LogP contribution in [0.3, 0.4) is 0 Å². The Balaban J connectivity index is 1.54. The van der Waals surface area contributed by atoms with Gasteiger partial charge in [0, 0.05) is 12.1 Å². The molecule has 0 spiro atoms. The topological polar surface area (TPSA) is 50.4 Å². The maximum absolute atomic E-state index is 11.7. The van der Waals surface area contributed by atoms with Crippen molar-refractivity contribution in [2.75, 3.05) is 6.54 Å². The summed E-state index contributed by atoms with van der Waals surface area (Å²) in [7, 11) is 0. The number of amides is 1. The van der Waals surface area contributed by atoms with Crippen LogP contribution in [-0.4, -0.2) is 24.7 Å². The third-order valence-corrected chi connectivity index (χ3v) is 3.65. The summed E-state index contributed by atoms with van der Waals surface area (Å²) in [6.07, 6.45) is 6.92. The Bertz CT molecular complexity index is 453. The molecule has 114 valence electrons. The average Bonchev–Trinajstić information content (AvgIpc) is 2.47. The molecule has 0 unspecified atom stereocenters. The van der Waals surface area contributed by atoms with E-state index in [4.69, 9.17) is 4.74 Å². The van der Waals surface area contributed by atoms with E-state index in [-0.39, 0.29) is 12.1 Å². The first kappa shape index (κ1) is 15.6. The number of hydrogen-bond acceptors (Lipinski definition) is 3. The van der Waals surface area contributed by atoms with Crippen LogP contribution in [0, 0.1) is 0 Å². The fourth-order valence-electron chi connectivity index (χ4n) is 2.37. The number of ether oxygens (including phenoxy) is 1. The van der Waals surface area contributed by atoms with E-state index in [0.29, 0.717) is 12.6 Å². The quantitative estimate of drug-likeness (QED) is 0.599. The predicted octanol–water partition coefficient (Wildman–Crippen LogP) is 3.00. The lowest BCUT2D eigenvalue weighted by atomic mass is 9.87. The first-order valence-corrected chi connectivity index (χ1v) is 7.59. The second-order valence-electron chi connectivity index (χ2n) is 5.38. The molecule has 1 saturated carbocycles. The molecule has 21 heavy (non-hydrogen) atoms. The zero-order chi connectivity index (χ0) is 14.9. The van der Waals surface area contributed by atoms with Gasteiger partial charge in [-0.15, -0.1) is 0 Å². The molecule has 1 aromatic rings. The summed E-state index contributed by atoms with van der Waals surface area (Å²) >= 11 is 0. The highest BCUT2D eigenvalue weighted by molar-refractivity contribution is 5.67. The van der Waals surface area contributed by atoms with Crippen molar-refractivity contribution in [3.05, 3.63) is 48.0 Å². The molecule has 2 N–H and O–H groups in total. The van der Waals surface area contributed by atoms with Crippen LogP contribution < -0.4 is 10.6 Å². The van der Waals surface area contributed by atoms with E-state index in [1.165, 1.54) is 0 Å². The maximum atomic E-state index is 11.7. The lowest BCUT2D eigenvalue weighted by Gasteiger charge is -2.36. The fourth-order valence-corrected chi connectivity index (χ4v) is 2.37. The lowest BCUT2D eigenvalue weighted by Crippen LogP contribution is -2.52. The van der Waals surface area contributed by atoms with E-state index in [0.717, 1.165) is 31.4 Å². The van der Waals surface area contributed by atoms with Gasteiger partial charge < -0.3 is 15.4 Å². The summed E-state index contributed by atoms with van der Waals surface area (Å²) in [6.45, 7) is 3.36. The van der Waals surface area contributed by atoms with E-state index in [1.807, 2.05) is 37.3 Å². The summed E-state index contributed by atoms with van der Waals surface area (Å²) in [4.78, 5) is 11.7. The molecule has 0 atom stereocenters. The van der Waals surface area contributed by atoms with Gasteiger partial charge >= 0.3 is 6.09 Å². The van der Waals surface area contributed by atoms with E-state index >= 15 is 0 Å². The average molecular weight is 288 g/mol. The van der Waals surface area contributed by atoms with Gasteiger partial charge in [-0.1, -0.05) is 42.5 Å². The molecule has 0 aromatic heterocycles. The van der Waals surface area contributed by atoms with Crippen molar-refractivity contribution in [1.29, 1.82) is 0 Å². The molecule has 0 aliphatic heterocycles. The molecule has 0 heterocycles. The minimum Gasteiger partial charge on any atom is -0.445 e. The number of carbonyl (C=O) groups is 1. The maximum Gasteiger partial charge on any atom is 0.407 e. The van der Waals surface area contributed by atoms with E-state index in [2.05, 4.69) is 22.8 Å². The Morgan fingerprint density at radius 3 is 2.76 bits per heavy atom. The molecule has 4 nitrogen and oxygen atoms in total. The van der Waals surface area contributed by atoms with E-state index in [1.54, 1.807) is 0 Å². The van der Waals surface area contributed by atoms with Gasteiger partial charge in [0.05, 0.1) is 0 Å². The minimum absolute atomic E-state index is 0.243. The summed E-state index contributed by atoms with van der Waals surface area (Å²) in [5.41, 5.74) is 1.00. The first-order valence-electron chi connectivity index (χ1n) is 7.59. The third-order valence-electron chi connectivity index (χ3n) is 3.65. The largest absolute Gasteiger partial charge is 0.445 e. The molecular formula is C17H24N2O2. The number of benzene rings is 1. The number of nitrogens with one attached hydrogen (secondary N) is 2. The summed E-state index contributed by atoms with van der Waals surface area (Å²) in [6, 6.07) is 10.5. The van der Waals surface area contributed by atoms with Crippen molar-refractivity contribution >= 4 is 6.09 Å². The van der Waals surface area contributed by atoms with Crippen molar-refractivity contribution in [3.63, 3.8) is 0 Å². The smallest absolute Gasteiger partial charge is 0.407 e.